The van der Waals surface area contributed by atoms with Crippen molar-refractivity contribution in [1.29, 1.82) is 0 Å². The maximum Gasteiger partial charge on any atom is 0.328 e. The Morgan fingerprint density at radius 2 is 1.50 bits per heavy atom. The second-order valence-corrected chi connectivity index (χ2v) is 7.11. The summed E-state index contributed by atoms with van der Waals surface area (Å²) < 4.78 is 0. The van der Waals surface area contributed by atoms with Crippen LogP contribution in [0, 0.1) is 5.92 Å². The molecule has 0 spiro atoms. The number of amides is 3. The van der Waals surface area contributed by atoms with Crippen LogP contribution in [0.3, 0.4) is 0 Å². The van der Waals surface area contributed by atoms with Crippen molar-refractivity contribution in [1.82, 2.24) is 16.0 Å². The van der Waals surface area contributed by atoms with E-state index in [4.69, 9.17) is 27.4 Å². The molecule has 0 heterocycles. The number of carboxylic acids is 1. The Hall–Kier alpha value is -2.93. The first kappa shape index (κ1) is 27.1. The molecule has 0 aromatic carbocycles. The molecule has 3 amide bonds. The number of carbonyl (C=O) groups excluding carboxylic acids is 3. The number of nitrogens with one attached hydrogen (secondary N) is 3. The number of guanidine groups is 1. The van der Waals surface area contributed by atoms with Gasteiger partial charge in [-0.1, -0.05) is 13.8 Å². The molecule has 4 atom stereocenters. The van der Waals surface area contributed by atoms with E-state index in [1.165, 1.54) is 6.92 Å². The lowest BCUT2D eigenvalue weighted by atomic mass is 10.0. The highest BCUT2D eigenvalue weighted by molar-refractivity contribution is 5.94. The van der Waals surface area contributed by atoms with Gasteiger partial charge in [-0.25, -0.2) is 4.79 Å². The molecule has 0 aliphatic rings. The van der Waals surface area contributed by atoms with Crippen LogP contribution >= 0.6 is 0 Å². The van der Waals surface area contributed by atoms with Crippen LogP contribution in [0.4, 0.5) is 0 Å². The minimum absolute atomic E-state index is 0.107. The highest BCUT2D eigenvalue weighted by Crippen LogP contribution is 2.06. The van der Waals surface area contributed by atoms with Crippen LogP contribution < -0.4 is 33.2 Å². The molecule has 13 nitrogen and oxygen atoms in total. The van der Waals surface area contributed by atoms with Crippen molar-refractivity contribution >= 4 is 29.7 Å². The van der Waals surface area contributed by atoms with Gasteiger partial charge in [0.05, 0.1) is 12.6 Å². The number of carboxylic acid groups (broad SMARTS) is 1. The number of hydrogen-bond donors (Lipinski definition) is 8. The number of nitrogens with zero attached hydrogens (tertiary/aromatic N) is 1. The number of rotatable bonds is 13. The molecule has 30 heavy (non-hydrogen) atoms. The van der Waals surface area contributed by atoms with Gasteiger partial charge in [-0.3, -0.25) is 19.4 Å². The van der Waals surface area contributed by atoms with Gasteiger partial charge >= 0.3 is 5.97 Å². The summed E-state index contributed by atoms with van der Waals surface area (Å²) >= 11 is 0. The van der Waals surface area contributed by atoms with E-state index in [-0.39, 0.29) is 18.9 Å². The predicted molar refractivity (Wildman–Crippen MR) is 109 cm³/mol. The Labute approximate surface area is 174 Å². The molecular weight excluding hydrogens is 398 g/mol. The quantitative estimate of drug-likeness (QED) is 0.0821. The Morgan fingerprint density at radius 1 is 0.933 bits per heavy atom. The van der Waals surface area contributed by atoms with Crippen LogP contribution in [-0.4, -0.2) is 77.2 Å². The number of hydrogen-bond acceptors (Lipinski definition) is 7. The smallest absolute Gasteiger partial charge is 0.328 e. The fourth-order valence-electron chi connectivity index (χ4n) is 2.31. The van der Waals surface area contributed by atoms with E-state index < -0.39 is 60.4 Å². The maximum atomic E-state index is 12.7. The fourth-order valence-corrected chi connectivity index (χ4v) is 2.31. The van der Waals surface area contributed by atoms with Crippen molar-refractivity contribution in [2.45, 2.75) is 57.8 Å². The average Bonchev–Trinajstić information content (AvgIpc) is 2.64. The minimum atomic E-state index is -1.51. The van der Waals surface area contributed by atoms with Gasteiger partial charge in [-0.05, 0) is 25.7 Å². The third-order valence-corrected chi connectivity index (χ3v) is 4.04. The summed E-state index contributed by atoms with van der Waals surface area (Å²) in [6.07, 6.45) is 0.529. The lowest BCUT2D eigenvalue weighted by Crippen LogP contribution is -2.58. The fraction of sp³-hybridized carbons (Fsp3) is 0.706. The number of nitrogens with two attached hydrogens (primary N) is 3. The van der Waals surface area contributed by atoms with Crippen molar-refractivity contribution in [2.75, 3.05) is 13.2 Å². The molecule has 0 saturated heterocycles. The molecule has 0 fully saturated rings. The second kappa shape index (κ2) is 13.3. The normalized spacial score (nSPS) is 14.7. The summed E-state index contributed by atoms with van der Waals surface area (Å²) in [7, 11) is 0. The summed E-state index contributed by atoms with van der Waals surface area (Å²) in [6.45, 7) is 4.17. The molecule has 0 aliphatic carbocycles. The third kappa shape index (κ3) is 10.0. The van der Waals surface area contributed by atoms with Crippen molar-refractivity contribution < 1.29 is 29.4 Å². The first-order valence-corrected chi connectivity index (χ1v) is 9.46. The molecule has 0 aromatic rings. The minimum Gasteiger partial charge on any atom is -0.480 e. The molecule has 0 saturated carbocycles. The molecule has 0 radical (unpaired) electrons. The molecule has 13 heteroatoms. The first-order valence-electron chi connectivity index (χ1n) is 9.46. The Morgan fingerprint density at radius 3 is 1.93 bits per heavy atom. The van der Waals surface area contributed by atoms with Crippen molar-refractivity contribution in [3.05, 3.63) is 0 Å². The van der Waals surface area contributed by atoms with Gasteiger partial charge in [0, 0.05) is 6.54 Å². The van der Waals surface area contributed by atoms with Crippen LogP contribution in [0.25, 0.3) is 0 Å². The highest BCUT2D eigenvalue weighted by Gasteiger charge is 2.31. The molecular formula is C17H33N7O6. The Kier molecular flexibility index (Phi) is 12.0. The zero-order valence-electron chi connectivity index (χ0n) is 17.4. The molecule has 4 unspecified atom stereocenters. The topological polar surface area (TPSA) is 235 Å². The molecule has 11 N–H and O–H groups in total. The lowest BCUT2D eigenvalue weighted by Gasteiger charge is -2.26. The lowest BCUT2D eigenvalue weighted by molar-refractivity contribution is -0.143. The van der Waals surface area contributed by atoms with E-state index in [0.717, 1.165) is 0 Å². The third-order valence-electron chi connectivity index (χ3n) is 4.04. The van der Waals surface area contributed by atoms with Gasteiger partial charge < -0.3 is 43.4 Å². The van der Waals surface area contributed by atoms with Crippen LogP contribution in [-0.2, 0) is 19.2 Å². The summed E-state index contributed by atoms with van der Waals surface area (Å²) in [5.41, 5.74) is 16.0. The van der Waals surface area contributed by atoms with Gasteiger partial charge in [-0.2, -0.15) is 0 Å². The van der Waals surface area contributed by atoms with Gasteiger partial charge in [0.2, 0.25) is 17.7 Å². The summed E-state index contributed by atoms with van der Waals surface area (Å²) in [6, 6.07) is -4.48. The standard InChI is InChI=1S/C17H33N7O6/c1-8(2)12(15(28)23-11(7-25)16(29)30)24-14(27)10(22-13(26)9(3)18)5-4-6-21-17(19)20/h8-12,25H,4-7,18H2,1-3H3,(H,22,26)(H,23,28)(H,24,27)(H,29,30)(H4,19,20,21). The van der Waals surface area contributed by atoms with Gasteiger partial charge in [0.1, 0.15) is 18.1 Å². The summed E-state index contributed by atoms with van der Waals surface area (Å²) in [5, 5.41) is 25.2. The van der Waals surface area contributed by atoms with E-state index in [1.54, 1.807) is 13.8 Å². The van der Waals surface area contributed by atoms with E-state index in [0.29, 0.717) is 6.42 Å². The molecule has 0 aliphatic heterocycles. The molecule has 0 rings (SSSR count). The second-order valence-electron chi connectivity index (χ2n) is 7.11. The summed E-state index contributed by atoms with van der Waals surface area (Å²) in [4.78, 5) is 51.9. The Bertz CT molecular complexity index is 634. The number of carbonyl (C=O) groups is 4. The van der Waals surface area contributed by atoms with Crippen molar-refractivity contribution in [3.63, 3.8) is 0 Å². The number of aliphatic carboxylic acids is 1. The maximum absolute atomic E-state index is 12.7. The summed E-state index contributed by atoms with van der Waals surface area (Å²) in [5.74, 6) is -3.93. The SMILES string of the molecule is CC(N)C(=O)NC(CCCN=C(N)N)C(=O)NC(C(=O)NC(CO)C(=O)O)C(C)C. The number of aliphatic imine (C=N–C) groups is 1. The van der Waals surface area contributed by atoms with Crippen LogP contribution in [0.1, 0.15) is 33.6 Å². The largest absolute Gasteiger partial charge is 0.480 e. The predicted octanol–water partition coefficient (Wildman–Crippen LogP) is -3.43. The van der Waals surface area contributed by atoms with Crippen molar-refractivity contribution in [2.24, 2.45) is 28.1 Å². The molecule has 0 aromatic heterocycles. The van der Waals surface area contributed by atoms with E-state index in [9.17, 15) is 19.2 Å². The van der Waals surface area contributed by atoms with Gasteiger partial charge in [0.15, 0.2) is 5.96 Å². The van der Waals surface area contributed by atoms with Crippen LogP contribution in [0.15, 0.2) is 4.99 Å². The zero-order chi connectivity index (χ0) is 23.4. The van der Waals surface area contributed by atoms with Crippen LogP contribution in [0.5, 0.6) is 0 Å². The van der Waals surface area contributed by atoms with E-state index >= 15 is 0 Å². The van der Waals surface area contributed by atoms with E-state index in [2.05, 4.69) is 20.9 Å². The zero-order valence-corrected chi connectivity index (χ0v) is 17.4. The van der Waals surface area contributed by atoms with Gasteiger partial charge in [-0.15, -0.1) is 0 Å². The van der Waals surface area contributed by atoms with Crippen molar-refractivity contribution in [3.8, 4) is 0 Å². The first-order chi connectivity index (χ1) is 13.9. The van der Waals surface area contributed by atoms with E-state index in [1.807, 2.05) is 0 Å². The molecule has 172 valence electrons. The average molecular weight is 431 g/mol. The van der Waals surface area contributed by atoms with Crippen LogP contribution in [0.2, 0.25) is 0 Å². The number of aliphatic hydroxyl groups is 1. The number of aliphatic hydroxyl groups excluding tert-OH is 1. The van der Waals surface area contributed by atoms with Gasteiger partial charge in [0.25, 0.3) is 0 Å². The Balaban J connectivity index is 5.30. The highest BCUT2D eigenvalue weighted by atomic mass is 16.4. The molecule has 0 bridgehead atoms. The monoisotopic (exact) mass is 431 g/mol.